The highest BCUT2D eigenvalue weighted by Crippen LogP contribution is 2.25. The van der Waals surface area contributed by atoms with E-state index in [1.807, 2.05) is 24.3 Å². The molecule has 21 heavy (non-hydrogen) atoms. The van der Waals surface area contributed by atoms with Crippen LogP contribution in [0.15, 0.2) is 24.3 Å². The smallest absolute Gasteiger partial charge is 0.225 e. The molecule has 0 aromatic heterocycles. The standard InChI is InChI=1S/C16H24N2O3/c1-16(2,3)17-8-7-14(19)18-13-6-4-5-12(11-13)15-20-9-10-21-15/h4-6,11,15,17H,7-10H2,1-3H3,(H,18,19). The minimum Gasteiger partial charge on any atom is -0.346 e. The van der Waals surface area contributed by atoms with Crippen LogP contribution in [0.3, 0.4) is 0 Å². The van der Waals surface area contributed by atoms with Crippen molar-refractivity contribution < 1.29 is 14.3 Å². The average Bonchev–Trinajstić information content (AvgIpc) is 2.91. The van der Waals surface area contributed by atoms with Crippen LogP contribution in [0.5, 0.6) is 0 Å². The number of anilines is 1. The quantitative estimate of drug-likeness (QED) is 0.875. The van der Waals surface area contributed by atoms with Gasteiger partial charge in [0, 0.05) is 29.8 Å². The van der Waals surface area contributed by atoms with E-state index in [0.717, 1.165) is 11.3 Å². The van der Waals surface area contributed by atoms with Crippen molar-refractivity contribution in [2.45, 2.75) is 39.0 Å². The zero-order valence-corrected chi connectivity index (χ0v) is 12.9. The third-order valence-corrected chi connectivity index (χ3v) is 3.07. The lowest BCUT2D eigenvalue weighted by molar-refractivity contribution is -0.116. The molecule has 1 aromatic rings. The van der Waals surface area contributed by atoms with Crippen LogP contribution >= 0.6 is 0 Å². The fraction of sp³-hybridized carbons (Fsp3) is 0.562. The molecule has 2 rings (SSSR count). The Labute approximate surface area is 126 Å². The summed E-state index contributed by atoms with van der Waals surface area (Å²) in [5, 5.41) is 6.20. The van der Waals surface area contributed by atoms with E-state index in [2.05, 4.69) is 31.4 Å². The van der Waals surface area contributed by atoms with Gasteiger partial charge in [-0.3, -0.25) is 4.79 Å². The third kappa shape index (κ3) is 5.46. The van der Waals surface area contributed by atoms with Crippen LogP contribution in [0.1, 0.15) is 39.0 Å². The zero-order valence-electron chi connectivity index (χ0n) is 12.9. The van der Waals surface area contributed by atoms with E-state index in [0.29, 0.717) is 26.2 Å². The minimum atomic E-state index is -0.315. The van der Waals surface area contributed by atoms with Gasteiger partial charge in [0.1, 0.15) is 0 Å². The van der Waals surface area contributed by atoms with Gasteiger partial charge in [-0.15, -0.1) is 0 Å². The zero-order chi connectivity index (χ0) is 15.3. The predicted octanol–water partition coefficient (Wildman–Crippen LogP) is 2.45. The molecular formula is C16H24N2O3. The Hall–Kier alpha value is -1.43. The molecule has 5 heteroatoms. The first-order valence-corrected chi connectivity index (χ1v) is 7.32. The monoisotopic (exact) mass is 292 g/mol. The molecule has 1 aliphatic heterocycles. The van der Waals surface area contributed by atoms with Crippen LogP contribution in [0.4, 0.5) is 5.69 Å². The molecule has 0 bridgehead atoms. The molecule has 0 aliphatic carbocycles. The van der Waals surface area contributed by atoms with Crippen LogP contribution in [0.2, 0.25) is 0 Å². The lowest BCUT2D eigenvalue weighted by Gasteiger charge is -2.20. The number of carbonyl (C=O) groups excluding carboxylic acids is 1. The number of carbonyl (C=O) groups is 1. The molecule has 0 atom stereocenters. The number of rotatable bonds is 5. The summed E-state index contributed by atoms with van der Waals surface area (Å²) in [4.78, 5) is 11.9. The Bertz CT molecular complexity index is 477. The summed E-state index contributed by atoms with van der Waals surface area (Å²) >= 11 is 0. The predicted molar refractivity (Wildman–Crippen MR) is 82.1 cm³/mol. The van der Waals surface area contributed by atoms with E-state index in [4.69, 9.17) is 9.47 Å². The van der Waals surface area contributed by atoms with E-state index in [-0.39, 0.29) is 17.7 Å². The van der Waals surface area contributed by atoms with Gasteiger partial charge in [0.25, 0.3) is 0 Å². The van der Waals surface area contributed by atoms with Gasteiger partial charge in [-0.1, -0.05) is 12.1 Å². The van der Waals surface area contributed by atoms with Gasteiger partial charge in [0.15, 0.2) is 6.29 Å². The number of nitrogens with one attached hydrogen (secondary N) is 2. The van der Waals surface area contributed by atoms with Gasteiger partial charge in [-0.25, -0.2) is 0 Å². The Morgan fingerprint density at radius 3 is 2.67 bits per heavy atom. The largest absolute Gasteiger partial charge is 0.346 e. The SMILES string of the molecule is CC(C)(C)NCCC(=O)Nc1cccc(C2OCCO2)c1. The van der Waals surface area contributed by atoms with Crippen LogP contribution in [-0.2, 0) is 14.3 Å². The molecule has 0 unspecified atom stereocenters. The number of amides is 1. The molecule has 0 saturated carbocycles. The van der Waals surface area contributed by atoms with Crippen LogP contribution in [0, 0.1) is 0 Å². The van der Waals surface area contributed by atoms with E-state index in [9.17, 15) is 4.79 Å². The summed E-state index contributed by atoms with van der Waals surface area (Å²) in [6, 6.07) is 7.59. The van der Waals surface area contributed by atoms with Gasteiger partial charge in [0.2, 0.25) is 5.91 Å². The van der Waals surface area contributed by atoms with E-state index < -0.39 is 0 Å². The second-order valence-corrected chi connectivity index (χ2v) is 6.17. The molecule has 0 spiro atoms. The Kier molecular flexibility index (Phi) is 5.33. The molecule has 1 aliphatic rings. The number of benzene rings is 1. The van der Waals surface area contributed by atoms with Crippen molar-refractivity contribution in [3.8, 4) is 0 Å². The van der Waals surface area contributed by atoms with Gasteiger partial charge in [0.05, 0.1) is 13.2 Å². The van der Waals surface area contributed by atoms with Gasteiger partial charge in [-0.2, -0.15) is 0 Å². The maximum absolute atomic E-state index is 11.9. The Morgan fingerprint density at radius 2 is 2.00 bits per heavy atom. The van der Waals surface area contributed by atoms with Crippen molar-refractivity contribution in [3.63, 3.8) is 0 Å². The van der Waals surface area contributed by atoms with Crippen LogP contribution in [0.25, 0.3) is 0 Å². The number of hydrogen-bond donors (Lipinski definition) is 2. The van der Waals surface area contributed by atoms with Crippen molar-refractivity contribution in [1.29, 1.82) is 0 Å². The normalized spacial score (nSPS) is 16.1. The fourth-order valence-electron chi connectivity index (χ4n) is 2.09. The second-order valence-electron chi connectivity index (χ2n) is 6.17. The summed E-state index contributed by atoms with van der Waals surface area (Å²) in [5.41, 5.74) is 1.72. The summed E-state index contributed by atoms with van der Waals surface area (Å²) in [6.45, 7) is 8.12. The summed E-state index contributed by atoms with van der Waals surface area (Å²) in [7, 11) is 0. The summed E-state index contributed by atoms with van der Waals surface area (Å²) in [6.07, 6.45) is 0.127. The summed E-state index contributed by atoms with van der Waals surface area (Å²) in [5.74, 6) is -0.00263. The molecule has 1 aromatic carbocycles. The lowest BCUT2D eigenvalue weighted by atomic mass is 10.1. The van der Waals surface area contributed by atoms with Gasteiger partial charge >= 0.3 is 0 Å². The highest BCUT2D eigenvalue weighted by atomic mass is 16.7. The maximum Gasteiger partial charge on any atom is 0.225 e. The molecule has 1 amide bonds. The molecule has 1 fully saturated rings. The molecule has 5 nitrogen and oxygen atoms in total. The third-order valence-electron chi connectivity index (χ3n) is 3.07. The molecule has 1 heterocycles. The van der Waals surface area contributed by atoms with Crippen molar-refractivity contribution in [3.05, 3.63) is 29.8 Å². The Balaban J connectivity index is 1.84. The highest BCUT2D eigenvalue weighted by Gasteiger charge is 2.18. The Morgan fingerprint density at radius 1 is 1.29 bits per heavy atom. The van der Waals surface area contributed by atoms with Crippen LogP contribution < -0.4 is 10.6 Å². The number of hydrogen-bond acceptors (Lipinski definition) is 4. The van der Waals surface area contributed by atoms with Crippen molar-refractivity contribution in [1.82, 2.24) is 5.32 Å². The van der Waals surface area contributed by atoms with E-state index in [1.54, 1.807) is 0 Å². The van der Waals surface area contributed by atoms with E-state index >= 15 is 0 Å². The maximum atomic E-state index is 11.9. The second kappa shape index (κ2) is 7.02. The van der Waals surface area contributed by atoms with Crippen molar-refractivity contribution in [2.24, 2.45) is 0 Å². The van der Waals surface area contributed by atoms with Crippen LogP contribution in [-0.4, -0.2) is 31.2 Å². The molecule has 0 radical (unpaired) electrons. The first-order valence-electron chi connectivity index (χ1n) is 7.32. The minimum absolute atomic E-state index is 0.00263. The molecule has 2 N–H and O–H groups in total. The van der Waals surface area contributed by atoms with Crippen molar-refractivity contribution >= 4 is 11.6 Å². The molecule has 116 valence electrons. The highest BCUT2D eigenvalue weighted by molar-refractivity contribution is 5.90. The van der Waals surface area contributed by atoms with Gasteiger partial charge < -0.3 is 20.1 Å². The van der Waals surface area contributed by atoms with Crippen molar-refractivity contribution in [2.75, 3.05) is 25.1 Å². The number of ether oxygens (including phenoxy) is 2. The first-order chi connectivity index (χ1) is 9.94. The topological polar surface area (TPSA) is 59.6 Å². The fourth-order valence-corrected chi connectivity index (χ4v) is 2.09. The summed E-state index contributed by atoms with van der Waals surface area (Å²) < 4.78 is 10.9. The van der Waals surface area contributed by atoms with Gasteiger partial charge in [-0.05, 0) is 32.9 Å². The average molecular weight is 292 g/mol. The van der Waals surface area contributed by atoms with E-state index in [1.165, 1.54) is 0 Å². The molecule has 1 saturated heterocycles. The lowest BCUT2D eigenvalue weighted by Crippen LogP contribution is -2.37. The first kappa shape index (κ1) is 15.9. The molecular weight excluding hydrogens is 268 g/mol.